The maximum Gasteiger partial charge on any atom is 0.249 e. The van der Waals surface area contributed by atoms with Crippen LogP contribution in [0.15, 0.2) is 48.8 Å². The first-order valence-corrected chi connectivity index (χ1v) is 13.2. The Bertz CT molecular complexity index is 1290. The summed E-state index contributed by atoms with van der Waals surface area (Å²) in [7, 11) is -3.64. The van der Waals surface area contributed by atoms with Crippen LogP contribution in [-0.2, 0) is 10.0 Å². The number of carbonyl (C=O) groups is 1. The van der Waals surface area contributed by atoms with E-state index in [2.05, 4.69) is 9.71 Å². The molecule has 7 nitrogen and oxygen atoms in total. The molecule has 0 radical (unpaired) electrons. The molecule has 180 valence electrons. The molecule has 34 heavy (non-hydrogen) atoms. The third-order valence-corrected chi connectivity index (χ3v) is 8.81. The van der Waals surface area contributed by atoms with Gasteiger partial charge in [0.2, 0.25) is 15.9 Å². The number of nitrogens with two attached hydrogens (primary N) is 1. The number of sulfonamides is 1. The highest BCUT2D eigenvalue weighted by Crippen LogP contribution is 2.37. The fraction of sp³-hybridized carbons (Fsp3) is 0.423. The number of rotatable bonds is 6. The van der Waals surface area contributed by atoms with Crippen molar-refractivity contribution in [3.05, 3.63) is 60.0 Å². The molecule has 0 bridgehead atoms. The van der Waals surface area contributed by atoms with Crippen LogP contribution in [0.3, 0.4) is 0 Å². The van der Waals surface area contributed by atoms with E-state index in [0.29, 0.717) is 22.2 Å². The van der Waals surface area contributed by atoms with Gasteiger partial charge in [-0.1, -0.05) is 25.3 Å². The van der Waals surface area contributed by atoms with Crippen LogP contribution >= 0.6 is 0 Å². The van der Waals surface area contributed by atoms with Gasteiger partial charge in [0.1, 0.15) is 0 Å². The van der Waals surface area contributed by atoms with Crippen molar-refractivity contribution in [1.29, 1.82) is 0 Å². The minimum Gasteiger partial charge on any atom is -0.366 e. The quantitative estimate of drug-likeness (QED) is 0.529. The summed E-state index contributed by atoms with van der Waals surface area (Å²) in [5.74, 6) is -0.464. The number of nitrogens with zero attached hydrogens (tertiary/aromatic N) is 2. The number of benzene rings is 1. The summed E-state index contributed by atoms with van der Waals surface area (Å²) in [6, 6.07) is 10.6. The van der Waals surface area contributed by atoms with Crippen LogP contribution in [0, 0.1) is 5.92 Å². The summed E-state index contributed by atoms with van der Waals surface area (Å²) in [6.07, 6.45) is 8.48. The van der Waals surface area contributed by atoms with Gasteiger partial charge in [0.25, 0.3) is 0 Å². The van der Waals surface area contributed by atoms with E-state index in [1.807, 2.05) is 30.3 Å². The van der Waals surface area contributed by atoms with E-state index < -0.39 is 26.7 Å². The second-order valence-electron chi connectivity index (χ2n) is 10.0. The van der Waals surface area contributed by atoms with Gasteiger partial charge in [-0.3, -0.25) is 14.8 Å². The molecule has 1 fully saturated rings. The first-order chi connectivity index (χ1) is 16.1. The Labute approximate surface area is 201 Å². The highest BCUT2D eigenvalue weighted by atomic mass is 32.2. The summed E-state index contributed by atoms with van der Waals surface area (Å²) in [6.45, 7) is 5.03. The number of pyridine rings is 2. The van der Waals surface area contributed by atoms with Crippen LogP contribution < -0.4 is 10.5 Å². The molecule has 1 amide bonds. The van der Waals surface area contributed by atoms with E-state index in [4.69, 9.17) is 10.7 Å². The minimum absolute atomic E-state index is 0.104. The van der Waals surface area contributed by atoms with Crippen LogP contribution in [0.25, 0.3) is 22.0 Å². The largest absolute Gasteiger partial charge is 0.366 e. The molecular formula is C26H32N4O3S. The van der Waals surface area contributed by atoms with E-state index in [-0.39, 0.29) is 5.92 Å². The zero-order chi connectivity index (χ0) is 24.5. The predicted molar refractivity (Wildman–Crippen MR) is 135 cm³/mol. The molecular weight excluding hydrogens is 448 g/mol. The van der Waals surface area contributed by atoms with Gasteiger partial charge in [0.15, 0.2) is 0 Å². The summed E-state index contributed by atoms with van der Waals surface area (Å²) in [4.78, 5) is 21.4. The molecule has 0 saturated heterocycles. The number of fused-ring (bicyclic) bond motifs is 1. The second-order valence-corrected chi connectivity index (χ2v) is 12.5. The average molecular weight is 481 g/mol. The lowest BCUT2D eigenvalue weighted by Crippen LogP contribution is -2.44. The molecule has 2 aromatic heterocycles. The smallest absolute Gasteiger partial charge is 0.249 e. The van der Waals surface area contributed by atoms with Gasteiger partial charge in [0.05, 0.1) is 27.6 Å². The fourth-order valence-electron chi connectivity index (χ4n) is 4.54. The van der Waals surface area contributed by atoms with E-state index >= 15 is 0 Å². The topological polar surface area (TPSA) is 115 Å². The van der Waals surface area contributed by atoms with Crippen molar-refractivity contribution in [3.63, 3.8) is 0 Å². The third kappa shape index (κ3) is 4.98. The van der Waals surface area contributed by atoms with Crippen LogP contribution in [0.4, 0.5) is 0 Å². The van der Waals surface area contributed by atoms with Crippen molar-refractivity contribution in [2.45, 2.75) is 63.7 Å². The maximum absolute atomic E-state index is 13.1. The fourth-order valence-corrected chi connectivity index (χ4v) is 5.54. The highest BCUT2D eigenvalue weighted by molar-refractivity contribution is 7.90. The zero-order valence-electron chi connectivity index (χ0n) is 19.9. The van der Waals surface area contributed by atoms with Crippen LogP contribution in [0.2, 0.25) is 0 Å². The first kappa shape index (κ1) is 24.3. The van der Waals surface area contributed by atoms with E-state index in [1.54, 1.807) is 39.2 Å². The van der Waals surface area contributed by atoms with Gasteiger partial charge in [0, 0.05) is 17.8 Å². The van der Waals surface area contributed by atoms with E-state index in [1.165, 1.54) is 0 Å². The minimum atomic E-state index is -3.64. The van der Waals surface area contributed by atoms with Gasteiger partial charge in [-0.2, -0.15) is 0 Å². The van der Waals surface area contributed by atoms with Crippen molar-refractivity contribution in [2.24, 2.45) is 11.7 Å². The summed E-state index contributed by atoms with van der Waals surface area (Å²) in [5.41, 5.74) is 9.17. The van der Waals surface area contributed by atoms with Gasteiger partial charge in [-0.25, -0.2) is 13.1 Å². The first-order valence-electron chi connectivity index (χ1n) is 11.7. The predicted octanol–water partition coefficient (Wildman–Crippen LogP) is 4.74. The molecule has 1 atom stereocenters. The van der Waals surface area contributed by atoms with Crippen molar-refractivity contribution in [2.75, 3.05) is 0 Å². The van der Waals surface area contributed by atoms with Crippen LogP contribution in [0.1, 0.15) is 75.0 Å². The summed E-state index contributed by atoms with van der Waals surface area (Å²) < 4.78 is 28.2. The van der Waals surface area contributed by atoms with Gasteiger partial charge in [-0.05, 0) is 81.0 Å². The molecule has 3 N–H and O–H groups in total. The van der Waals surface area contributed by atoms with Crippen molar-refractivity contribution in [3.8, 4) is 11.1 Å². The lowest BCUT2D eigenvalue weighted by molar-refractivity contribution is 0.100. The number of aromatic nitrogens is 2. The van der Waals surface area contributed by atoms with Crippen molar-refractivity contribution < 1.29 is 13.2 Å². The Balaban J connectivity index is 1.85. The molecule has 2 heterocycles. The number of nitrogens with one attached hydrogen (secondary N) is 1. The van der Waals surface area contributed by atoms with Gasteiger partial charge in [-0.15, -0.1) is 0 Å². The number of hydrogen-bond donors (Lipinski definition) is 2. The Morgan fingerprint density at radius 3 is 2.32 bits per heavy atom. The molecule has 1 aliphatic rings. The summed E-state index contributed by atoms with van der Waals surface area (Å²) in [5, 5.41) is 0.645. The average Bonchev–Trinajstić information content (AvgIpc) is 2.82. The van der Waals surface area contributed by atoms with Crippen LogP contribution in [0.5, 0.6) is 0 Å². The monoisotopic (exact) mass is 480 g/mol. The van der Waals surface area contributed by atoms with E-state index in [9.17, 15) is 13.2 Å². The Morgan fingerprint density at radius 2 is 1.71 bits per heavy atom. The Kier molecular flexibility index (Phi) is 6.73. The molecule has 1 aliphatic carbocycles. The van der Waals surface area contributed by atoms with E-state index in [0.717, 1.165) is 43.2 Å². The number of amides is 1. The van der Waals surface area contributed by atoms with Crippen LogP contribution in [-0.4, -0.2) is 29.0 Å². The molecule has 8 heteroatoms. The number of primary amides is 1. The highest BCUT2D eigenvalue weighted by Gasteiger charge is 2.36. The van der Waals surface area contributed by atoms with Crippen molar-refractivity contribution in [1.82, 2.24) is 14.7 Å². The third-order valence-electron chi connectivity index (χ3n) is 6.64. The summed E-state index contributed by atoms with van der Waals surface area (Å²) >= 11 is 0. The molecule has 3 aromatic rings. The lowest BCUT2D eigenvalue weighted by atomic mass is 9.82. The molecule has 1 aromatic carbocycles. The standard InChI is InChI=1S/C26H32N4O3S/c1-26(2,3)34(32,33)30-24(18-7-5-4-6-8-18)23-16-21(25(27)31)20-15-19(9-10-22(20)29-23)17-11-13-28-14-12-17/h9-16,18,24,30H,4-8H2,1-3H3,(H2,27,31). The normalized spacial score (nSPS) is 16.4. The Hall–Kier alpha value is -2.84. The number of hydrogen-bond acceptors (Lipinski definition) is 5. The van der Waals surface area contributed by atoms with Gasteiger partial charge >= 0.3 is 0 Å². The molecule has 1 unspecified atom stereocenters. The number of carbonyl (C=O) groups excluding carboxylic acids is 1. The maximum atomic E-state index is 13.1. The molecule has 0 spiro atoms. The molecule has 4 rings (SSSR count). The SMILES string of the molecule is CC(C)(C)S(=O)(=O)NC(c1cc(C(N)=O)c2cc(-c3ccncc3)ccc2n1)C1CCCCC1. The van der Waals surface area contributed by atoms with Crippen molar-refractivity contribution >= 4 is 26.8 Å². The lowest BCUT2D eigenvalue weighted by Gasteiger charge is -2.33. The Morgan fingerprint density at radius 1 is 1.03 bits per heavy atom. The second kappa shape index (κ2) is 9.43. The molecule has 0 aliphatic heterocycles. The zero-order valence-corrected chi connectivity index (χ0v) is 20.7. The molecule has 1 saturated carbocycles. The van der Waals surface area contributed by atoms with Gasteiger partial charge < -0.3 is 5.73 Å².